The Labute approximate surface area is 155 Å². The van der Waals surface area contributed by atoms with Crippen molar-refractivity contribution >= 4 is 15.9 Å². The Bertz CT molecular complexity index is 768. The first kappa shape index (κ1) is 19.1. The van der Waals surface area contributed by atoms with E-state index in [0.717, 1.165) is 25.8 Å². The molecule has 0 spiro atoms. The number of hydrogen-bond donors (Lipinski definition) is 1. The van der Waals surface area contributed by atoms with E-state index in [-0.39, 0.29) is 16.8 Å². The third-order valence-corrected chi connectivity index (χ3v) is 6.82. The normalized spacial score (nSPS) is 21.7. The van der Waals surface area contributed by atoms with Crippen LogP contribution in [0.3, 0.4) is 0 Å². The van der Waals surface area contributed by atoms with Gasteiger partial charge in [0, 0.05) is 31.7 Å². The van der Waals surface area contributed by atoms with E-state index in [4.69, 9.17) is 0 Å². The number of benzene rings is 1. The van der Waals surface area contributed by atoms with Gasteiger partial charge in [-0.3, -0.25) is 4.79 Å². The Morgan fingerprint density at radius 3 is 2.92 bits per heavy atom. The first-order chi connectivity index (χ1) is 12.5. The Hall–Kier alpha value is -1.70. The van der Waals surface area contributed by atoms with Gasteiger partial charge in [0.2, 0.25) is 10.0 Å². The predicted octanol–water partition coefficient (Wildman–Crippen LogP) is 1.85. The standard InChI is InChI=1S/C19H27N3O3S/c1-2-6-17-8-4-13-22(17)19(23)16-7-3-9-18(15-16)26(24,25)21-12-5-10-20-11-14-21/h3-4,7-9,15,17,20H,2,5-6,10-14H2,1H3/t17-/m0/s1. The molecular formula is C19H27N3O3S. The SMILES string of the molecule is CCC[C@H]1C=CCN1C(=O)c1cccc(S(=O)(=O)N2CCCNCC2)c1. The molecular weight excluding hydrogens is 350 g/mol. The molecule has 1 saturated heterocycles. The second kappa shape index (κ2) is 8.33. The monoisotopic (exact) mass is 377 g/mol. The maximum atomic E-state index is 13.0. The highest BCUT2D eigenvalue weighted by Gasteiger charge is 2.28. The molecule has 1 aromatic carbocycles. The molecule has 0 aliphatic carbocycles. The topological polar surface area (TPSA) is 69.7 Å². The van der Waals surface area contributed by atoms with Crippen molar-refractivity contribution in [3.05, 3.63) is 42.0 Å². The summed E-state index contributed by atoms with van der Waals surface area (Å²) in [5, 5.41) is 3.21. The Balaban J connectivity index is 1.82. The van der Waals surface area contributed by atoms with Crippen molar-refractivity contribution in [2.24, 2.45) is 0 Å². The van der Waals surface area contributed by atoms with Crippen LogP contribution in [-0.2, 0) is 10.0 Å². The molecule has 26 heavy (non-hydrogen) atoms. The van der Waals surface area contributed by atoms with E-state index >= 15 is 0 Å². The molecule has 1 atom stereocenters. The summed E-state index contributed by atoms with van der Waals surface area (Å²) < 4.78 is 27.4. The fraction of sp³-hybridized carbons (Fsp3) is 0.526. The third-order valence-electron chi connectivity index (χ3n) is 4.92. The van der Waals surface area contributed by atoms with Crippen LogP contribution in [-0.4, -0.2) is 62.3 Å². The summed E-state index contributed by atoms with van der Waals surface area (Å²) in [6.45, 7) is 5.11. The van der Waals surface area contributed by atoms with Gasteiger partial charge in [0.15, 0.2) is 0 Å². The minimum absolute atomic E-state index is 0.101. The fourth-order valence-electron chi connectivity index (χ4n) is 3.52. The molecule has 2 heterocycles. The molecule has 7 heteroatoms. The maximum absolute atomic E-state index is 13.0. The lowest BCUT2D eigenvalue weighted by Gasteiger charge is -2.25. The first-order valence-electron chi connectivity index (χ1n) is 9.32. The van der Waals surface area contributed by atoms with Gasteiger partial charge in [0.05, 0.1) is 10.9 Å². The highest BCUT2D eigenvalue weighted by atomic mass is 32.2. The molecule has 1 aromatic rings. The molecule has 1 N–H and O–H groups in total. The number of rotatable bonds is 5. The molecule has 2 aliphatic heterocycles. The van der Waals surface area contributed by atoms with Gasteiger partial charge in [0.1, 0.15) is 0 Å². The van der Waals surface area contributed by atoms with Crippen molar-refractivity contribution in [2.45, 2.75) is 37.1 Å². The summed E-state index contributed by atoms with van der Waals surface area (Å²) in [6.07, 6.45) is 6.77. The lowest BCUT2D eigenvalue weighted by Crippen LogP contribution is -2.36. The van der Waals surface area contributed by atoms with Crippen molar-refractivity contribution in [3.63, 3.8) is 0 Å². The van der Waals surface area contributed by atoms with Crippen LogP contribution in [0.4, 0.5) is 0 Å². The zero-order valence-electron chi connectivity index (χ0n) is 15.2. The van der Waals surface area contributed by atoms with Crippen molar-refractivity contribution < 1.29 is 13.2 Å². The molecule has 1 amide bonds. The summed E-state index contributed by atoms with van der Waals surface area (Å²) in [4.78, 5) is 14.9. The molecule has 6 nitrogen and oxygen atoms in total. The van der Waals surface area contributed by atoms with Crippen LogP contribution in [0.15, 0.2) is 41.3 Å². The highest BCUT2D eigenvalue weighted by molar-refractivity contribution is 7.89. The van der Waals surface area contributed by atoms with Gasteiger partial charge in [-0.2, -0.15) is 4.31 Å². The van der Waals surface area contributed by atoms with Gasteiger partial charge in [0.25, 0.3) is 5.91 Å². The minimum atomic E-state index is -3.58. The van der Waals surface area contributed by atoms with E-state index in [1.807, 2.05) is 11.0 Å². The molecule has 0 saturated carbocycles. The zero-order chi connectivity index (χ0) is 18.6. The van der Waals surface area contributed by atoms with Crippen LogP contribution in [0.2, 0.25) is 0 Å². The van der Waals surface area contributed by atoms with Crippen LogP contribution in [0, 0.1) is 0 Å². The zero-order valence-corrected chi connectivity index (χ0v) is 16.0. The van der Waals surface area contributed by atoms with Crippen molar-refractivity contribution in [2.75, 3.05) is 32.7 Å². The van der Waals surface area contributed by atoms with E-state index in [0.29, 0.717) is 31.7 Å². The number of carbonyl (C=O) groups excluding carboxylic acids is 1. The molecule has 3 rings (SSSR count). The fourth-order valence-corrected chi connectivity index (χ4v) is 5.04. The minimum Gasteiger partial charge on any atom is -0.328 e. The van der Waals surface area contributed by atoms with Crippen LogP contribution < -0.4 is 5.32 Å². The Kier molecular flexibility index (Phi) is 6.11. The largest absolute Gasteiger partial charge is 0.328 e. The number of carbonyl (C=O) groups is 1. The van der Waals surface area contributed by atoms with E-state index in [1.165, 1.54) is 10.4 Å². The van der Waals surface area contributed by atoms with Gasteiger partial charge in [-0.25, -0.2) is 8.42 Å². The number of amides is 1. The van der Waals surface area contributed by atoms with Crippen LogP contribution in [0.5, 0.6) is 0 Å². The molecule has 2 aliphatic rings. The average Bonchev–Trinajstić information content (AvgIpc) is 2.92. The van der Waals surface area contributed by atoms with Crippen LogP contribution in [0.25, 0.3) is 0 Å². The smallest absolute Gasteiger partial charge is 0.254 e. The molecule has 1 fully saturated rings. The lowest BCUT2D eigenvalue weighted by molar-refractivity contribution is 0.0744. The van der Waals surface area contributed by atoms with Gasteiger partial charge >= 0.3 is 0 Å². The Morgan fingerprint density at radius 2 is 2.12 bits per heavy atom. The summed E-state index contributed by atoms with van der Waals surface area (Å²) in [5.41, 5.74) is 0.434. The number of nitrogens with zero attached hydrogens (tertiary/aromatic N) is 2. The maximum Gasteiger partial charge on any atom is 0.254 e. The highest BCUT2D eigenvalue weighted by Crippen LogP contribution is 2.22. The van der Waals surface area contributed by atoms with Crippen molar-refractivity contribution in [1.29, 1.82) is 0 Å². The quantitative estimate of drug-likeness (QED) is 0.795. The molecule has 0 radical (unpaired) electrons. The summed E-state index contributed by atoms with van der Waals surface area (Å²) >= 11 is 0. The van der Waals surface area contributed by atoms with Gasteiger partial charge in [-0.05, 0) is 37.6 Å². The molecule has 0 aromatic heterocycles. The summed E-state index contributed by atoms with van der Waals surface area (Å²) in [7, 11) is -3.58. The number of sulfonamides is 1. The number of nitrogens with one attached hydrogen (secondary N) is 1. The van der Waals surface area contributed by atoms with Crippen molar-refractivity contribution in [1.82, 2.24) is 14.5 Å². The number of hydrogen-bond acceptors (Lipinski definition) is 4. The second-order valence-electron chi connectivity index (χ2n) is 6.78. The predicted molar refractivity (Wildman–Crippen MR) is 102 cm³/mol. The van der Waals surface area contributed by atoms with E-state index < -0.39 is 10.0 Å². The van der Waals surface area contributed by atoms with Gasteiger partial charge in [-0.1, -0.05) is 31.6 Å². The summed E-state index contributed by atoms with van der Waals surface area (Å²) in [6, 6.07) is 6.57. The van der Waals surface area contributed by atoms with Crippen molar-refractivity contribution in [3.8, 4) is 0 Å². The molecule has 0 unspecified atom stereocenters. The van der Waals surface area contributed by atoms with Gasteiger partial charge in [-0.15, -0.1) is 0 Å². The third kappa shape index (κ3) is 4.00. The van der Waals surface area contributed by atoms with E-state index in [2.05, 4.69) is 18.3 Å². The Morgan fingerprint density at radius 1 is 1.27 bits per heavy atom. The average molecular weight is 378 g/mol. The van der Waals surface area contributed by atoms with E-state index in [9.17, 15) is 13.2 Å². The summed E-state index contributed by atoms with van der Waals surface area (Å²) in [5.74, 6) is -0.108. The van der Waals surface area contributed by atoms with Gasteiger partial charge < -0.3 is 10.2 Å². The molecule has 0 bridgehead atoms. The first-order valence-corrected chi connectivity index (χ1v) is 10.8. The second-order valence-corrected chi connectivity index (χ2v) is 8.72. The molecule has 142 valence electrons. The van der Waals surface area contributed by atoms with Crippen LogP contribution >= 0.6 is 0 Å². The lowest BCUT2D eigenvalue weighted by atomic mass is 10.1. The van der Waals surface area contributed by atoms with E-state index in [1.54, 1.807) is 18.2 Å². The van der Waals surface area contributed by atoms with Crippen LogP contribution in [0.1, 0.15) is 36.5 Å².